The molecule has 1 heteroatoms. The van der Waals surface area contributed by atoms with E-state index in [0.29, 0.717) is 0 Å². The highest BCUT2D eigenvalue weighted by atomic mass is 15.2. The quantitative estimate of drug-likeness (QED) is 0.642. The molecule has 0 N–H and O–H groups in total. The van der Waals surface area contributed by atoms with Crippen LogP contribution in [0.25, 0.3) is 0 Å². The van der Waals surface area contributed by atoms with Gasteiger partial charge in [-0.25, -0.2) is 0 Å². The van der Waals surface area contributed by atoms with Gasteiger partial charge in [0, 0.05) is 18.3 Å². The predicted octanol–water partition coefficient (Wildman–Crippen LogP) is 3.42. The Morgan fingerprint density at radius 3 is 2.54 bits per heavy atom. The van der Waals surface area contributed by atoms with E-state index in [0.717, 1.165) is 12.0 Å². The average molecular weight is 181 g/mol. The summed E-state index contributed by atoms with van der Waals surface area (Å²) in [5.74, 6) is 0.864. The van der Waals surface area contributed by atoms with Gasteiger partial charge in [-0.2, -0.15) is 0 Å². The molecule has 0 aromatic rings. The second kappa shape index (κ2) is 4.69. The third-order valence-electron chi connectivity index (χ3n) is 3.17. The van der Waals surface area contributed by atoms with Crippen LogP contribution in [0.5, 0.6) is 0 Å². The summed E-state index contributed by atoms with van der Waals surface area (Å²) in [4.78, 5) is 2.51. The fraction of sp³-hybridized carbons (Fsp3) is 0.833. The molecule has 1 aliphatic carbocycles. The van der Waals surface area contributed by atoms with E-state index in [1.54, 1.807) is 0 Å². The van der Waals surface area contributed by atoms with E-state index < -0.39 is 0 Å². The molecule has 0 amide bonds. The Labute approximate surface area is 82.8 Å². The van der Waals surface area contributed by atoms with Crippen molar-refractivity contribution in [1.29, 1.82) is 0 Å². The predicted molar refractivity (Wildman–Crippen MR) is 58.6 cm³/mol. The Morgan fingerprint density at radius 1 is 1.46 bits per heavy atom. The molecule has 0 heterocycles. The Bertz CT molecular complexity index is 174. The van der Waals surface area contributed by atoms with Crippen LogP contribution in [0.2, 0.25) is 0 Å². The highest BCUT2D eigenvalue weighted by Crippen LogP contribution is 2.31. The molecule has 0 spiro atoms. The second-order valence-electron chi connectivity index (χ2n) is 4.40. The second-order valence-corrected chi connectivity index (χ2v) is 4.40. The Morgan fingerprint density at radius 2 is 2.15 bits per heavy atom. The van der Waals surface area contributed by atoms with E-state index >= 15 is 0 Å². The van der Waals surface area contributed by atoms with Crippen molar-refractivity contribution in [2.75, 3.05) is 6.54 Å². The minimum Gasteiger partial charge on any atom is -0.372 e. The lowest BCUT2D eigenvalue weighted by Crippen LogP contribution is -2.35. The van der Waals surface area contributed by atoms with Crippen molar-refractivity contribution in [3.05, 3.63) is 12.3 Å². The van der Waals surface area contributed by atoms with Crippen LogP contribution in [-0.2, 0) is 0 Å². The number of rotatable bonds is 4. The topological polar surface area (TPSA) is 3.24 Å². The van der Waals surface area contributed by atoms with Gasteiger partial charge in [0.15, 0.2) is 0 Å². The maximum Gasteiger partial charge on any atom is 0.0312 e. The molecular formula is C12H23N. The lowest BCUT2D eigenvalue weighted by molar-refractivity contribution is 0.216. The van der Waals surface area contributed by atoms with Gasteiger partial charge in [-0.3, -0.25) is 0 Å². The minimum atomic E-state index is 0.775. The van der Waals surface area contributed by atoms with Crippen LogP contribution in [0, 0.1) is 5.92 Å². The van der Waals surface area contributed by atoms with Gasteiger partial charge in [-0.05, 0) is 32.1 Å². The Balaban J connectivity index is 2.57. The Kier molecular flexibility index (Phi) is 3.83. The van der Waals surface area contributed by atoms with E-state index in [1.807, 2.05) is 0 Å². The van der Waals surface area contributed by atoms with E-state index in [4.69, 9.17) is 0 Å². The van der Waals surface area contributed by atoms with Gasteiger partial charge in [-0.15, -0.1) is 0 Å². The van der Waals surface area contributed by atoms with Crippen LogP contribution in [0.1, 0.15) is 46.5 Å². The molecule has 2 atom stereocenters. The summed E-state index contributed by atoms with van der Waals surface area (Å²) in [5.41, 5.74) is 1.25. The van der Waals surface area contributed by atoms with Crippen LogP contribution in [0.15, 0.2) is 12.3 Å². The first-order chi connectivity index (χ1) is 6.16. The van der Waals surface area contributed by atoms with E-state index in [9.17, 15) is 0 Å². The van der Waals surface area contributed by atoms with Crippen molar-refractivity contribution < 1.29 is 0 Å². The standard InChI is InChI=1S/C12H23N/c1-5-9-13(10(2)3)12-8-6-7-11(12)4/h11-12H,2,5-9H2,1,3-4H3. The van der Waals surface area contributed by atoms with Gasteiger partial charge in [-0.1, -0.05) is 26.8 Å². The van der Waals surface area contributed by atoms with E-state index in [1.165, 1.54) is 37.9 Å². The van der Waals surface area contributed by atoms with Gasteiger partial charge in [0.05, 0.1) is 0 Å². The van der Waals surface area contributed by atoms with Crippen molar-refractivity contribution in [2.45, 2.75) is 52.5 Å². The van der Waals surface area contributed by atoms with Gasteiger partial charge in [0.1, 0.15) is 0 Å². The minimum absolute atomic E-state index is 0.775. The van der Waals surface area contributed by atoms with Gasteiger partial charge in [0.2, 0.25) is 0 Å². The summed E-state index contributed by atoms with van der Waals surface area (Å²) in [6.45, 7) is 12.0. The fourth-order valence-corrected chi connectivity index (χ4v) is 2.47. The Hall–Kier alpha value is -0.460. The molecule has 0 radical (unpaired) electrons. The third kappa shape index (κ3) is 2.49. The molecule has 1 aliphatic rings. The van der Waals surface area contributed by atoms with Crippen LogP contribution in [0.4, 0.5) is 0 Å². The van der Waals surface area contributed by atoms with Crippen LogP contribution < -0.4 is 0 Å². The van der Waals surface area contributed by atoms with Gasteiger partial charge in [0.25, 0.3) is 0 Å². The van der Waals surface area contributed by atoms with Crippen molar-refractivity contribution in [3.8, 4) is 0 Å². The average Bonchev–Trinajstić information content (AvgIpc) is 2.47. The molecule has 0 saturated heterocycles. The molecule has 1 rings (SSSR count). The summed E-state index contributed by atoms with van der Waals surface area (Å²) in [6, 6.07) is 0.775. The lowest BCUT2D eigenvalue weighted by atomic mass is 10.0. The normalized spacial score (nSPS) is 27.6. The summed E-state index contributed by atoms with van der Waals surface area (Å²) in [6.07, 6.45) is 5.40. The largest absolute Gasteiger partial charge is 0.372 e. The first-order valence-electron chi connectivity index (χ1n) is 5.59. The van der Waals surface area contributed by atoms with Crippen LogP contribution in [-0.4, -0.2) is 17.5 Å². The van der Waals surface area contributed by atoms with Crippen molar-refractivity contribution >= 4 is 0 Å². The molecule has 2 unspecified atom stereocenters. The zero-order valence-electron chi connectivity index (χ0n) is 9.34. The number of hydrogen-bond donors (Lipinski definition) is 0. The number of nitrogens with zero attached hydrogens (tertiary/aromatic N) is 1. The maximum absolute atomic E-state index is 4.08. The van der Waals surface area contributed by atoms with Crippen molar-refractivity contribution in [3.63, 3.8) is 0 Å². The van der Waals surface area contributed by atoms with Gasteiger partial charge < -0.3 is 4.90 Å². The highest BCUT2D eigenvalue weighted by Gasteiger charge is 2.27. The first kappa shape index (κ1) is 10.6. The molecule has 13 heavy (non-hydrogen) atoms. The molecule has 0 aromatic heterocycles. The molecule has 1 saturated carbocycles. The maximum atomic E-state index is 4.08. The summed E-state index contributed by atoms with van der Waals surface area (Å²) < 4.78 is 0. The summed E-state index contributed by atoms with van der Waals surface area (Å²) in [5, 5.41) is 0. The van der Waals surface area contributed by atoms with Crippen molar-refractivity contribution in [1.82, 2.24) is 4.90 Å². The van der Waals surface area contributed by atoms with Crippen LogP contribution >= 0.6 is 0 Å². The molecule has 0 bridgehead atoms. The number of allylic oxidation sites excluding steroid dienone is 1. The van der Waals surface area contributed by atoms with Crippen LogP contribution in [0.3, 0.4) is 0 Å². The van der Waals surface area contributed by atoms with Gasteiger partial charge >= 0.3 is 0 Å². The highest BCUT2D eigenvalue weighted by molar-refractivity contribution is 4.96. The molecule has 76 valence electrons. The lowest BCUT2D eigenvalue weighted by Gasteiger charge is -2.33. The van der Waals surface area contributed by atoms with Crippen molar-refractivity contribution in [2.24, 2.45) is 5.92 Å². The third-order valence-corrected chi connectivity index (χ3v) is 3.17. The zero-order chi connectivity index (χ0) is 9.84. The summed E-state index contributed by atoms with van der Waals surface area (Å²) >= 11 is 0. The fourth-order valence-electron chi connectivity index (χ4n) is 2.47. The number of hydrogen-bond acceptors (Lipinski definition) is 1. The summed E-state index contributed by atoms with van der Waals surface area (Å²) in [7, 11) is 0. The molecule has 1 nitrogen and oxygen atoms in total. The first-order valence-corrected chi connectivity index (χ1v) is 5.59. The molecular weight excluding hydrogens is 158 g/mol. The molecule has 0 aromatic carbocycles. The monoisotopic (exact) mass is 181 g/mol. The molecule has 0 aliphatic heterocycles. The SMILES string of the molecule is C=C(C)N(CCC)C1CCCC1C. The molecule has 1 fully saturated rings. The zero-order valence-corrected chi connectivity index (χ0v) is 9.34. The smallest absolute Gasteiger partial charge is 0.0312 e. The van der Waals surface area contributed by atoms with E-state index in [2.05, 4.69) is 32.3 Å². The van der Waals surface area contributed by atoms with E-state index in [-0.39, 0.29) is 0 Å².